The van der Waals surface area contributed by atoms with Crippen LogP contribution in [0.4, 0.5) is 0 Å². The van der Waals surface area contributed by atoms with Crippen LogP contribution in [0.15, 0.2) is 85.2 Å². The van der Waals surface area contributed by atoms with Gasteiger partial charge in [0.2, 0.25) is 0 Å². The number of pyridine rings is 2. The van der Waals surface area contributed by atoms with Crippen molar-refractivity contribution in [1.29, 1.82) is 11.1 Å². The molecule has 0 spiro atoms. The summed E-state index contributed by atoms with van der Waals surface area (Å²) in [4.78, 5) is 20.5. The number of carbonyl (C=O) groups excluding carboxylic acids is 1. The lowest BCUT2D eigenvalue weighted by atomic mass is 10.1. The normalized spacial score (nSPS) is 11.3. The van der Waals surface area contributed by atoms with E-state index in [9.17, 15) is 4.79 Å². The molecule has 2 aromatic carbocycles. The van der Waals surface area contributed by atoms with Crippen molar-refractivity contribution in [2.24, 2.45) is 0 Å². The Morgan fingerprint density at radius 3 is 1.93 bits per heavy atom. The number of fused-ring (bicyclic) bond motifs is 6. The summed E-state index contributed by atoms with van der Waals surface area (Å²) in [5, 5.41) is 0. The first kappa shape index (κ1) is 20.7. The summed E-state index contributed by atoms with van der Waals surface area (Å²) >= 11 is 0. The summed E-state index contributed by atoms with van der Waals surface area (Å²) in [6.45, 7) is 0. The van der Waals surface area contributed by atoms with Crippen LogP contribution in [0.2, 0.25) is 0 Å². The molecule has 6 rings (SSSR count). The van der Waals surface area contributed by atoms with Crippen molar-refractivity contribution in [1.82, 2.24) is 9.97 Å². The molecule has 0 bridgehead atoms. The number of aromatic nitrogens is 2. The van der Waals surface area contributed by atoms with E-state index >= 15 is 0 Å². The van der Waals surface area contributed by atoms with Crippen LogP contribution < -0.4 is 0 Å². The number of rotatable bonds is 0. The van der Waals surface area contributed by atoms with Crippen molar-refractivity contribution in [2.45, 2.75) is 6.42 Å². The van der Waals surface area contributed by atoms with E-state index in [1.165, 1.54) is 16.7 Å². The standard InChI is InChI=1S/C12H7NO.C12H9N.H2N2.H2O.H2/c14-12-9-5-2-1-4-8(9)11-10(12)6-3-7-13-11;1-2-6-11-9(4-1)8-10-5-3-7-13-12(10)11;1-2;;/h1-7H;1-7H,8H2;1-2H;1H2;1H. The fraction of sp³-hybridized carbons (Fsp3) is 0.0417. The average Bonchev–Trinajstić information content (AvgIpc) is 3.32. The van der Waals surface area contributed by atoms with Crippen molar-refractivity contribution in [3.8, 4) is 22.5 Å². The van der Waals surface area contributed by atoms with Crippen molar-refractivity contribution in [3.05, 3.63) is 107 Å². The van der Waals surface area contributed by atoms with E-state index in [0.717, 1.165) is 28.9 Å². The second kappa shape index (κ2) is 8.98. The van der Waals surface area contributed by atoms with Gasteiger partial charge in [0.1, 0.15) is 0 Å². The zero-order valence-electron chi connectivity index (χ0n) is 16.1. The van der Waals surface area contributed by atoms with Gasteiger partial charge in [-0.1, -0.05) is 54.6 Å². The highest BCUT2D eigenvalue weighted by Crippen LogP contribution is 2.34. The van der Waals surface area contributed by atoms with Gasteiger partial charge in [-0.15, -0.1) is 0 Å². The number of ketones is 1. The van der Waals surface area contributed by atoms with E-state index in [-0.39, 0.29) is 12.7 Å². The average molecular weight is 398 g/mol. The Bertz CT molecular complexity index is 1120. The molecular formula is C24H22N4O2. The largest absolute Gasteiger partial charge is 0.412 e. The fourth-order valence-corrected chi connectivity index (χ4v) is 3.77. The summed E-state index contributed by atoms with van der Waals surface area (Å²) < 4.78 is 0. The number of benzene rings is 2. The Labute approximate surface area is 175 Å². The van der Waals surface area contributed by atoms with Crippen LogP contribution in [0, 0.1) is 11.1 Å². The first-order chi connectivity index (χ1) is 14.3. The Morgan fingerprint density at radius 2 is 1.17 bits per heavy atom. The molecule has 4 N–H and O–H groups in total. The maximum absolute atomic E-state index is 11.8. The minimum atomic E-state index is 0. The molecule has 2 aliphatic rings. The molecule has 150 valence electrons. The van der Waals surface area contributed by atoms with Crippen molar-refractivity contribution >= 4 is 5.78 Å². The quantitative estimate of drug-likeness (QED) is 0.351. The van der Waals surface area contributed by atoms with Gasteiger partial charge in [0.05, 0.1) is 11.4 Å². The van der Waals surface area contributed by atoms with E-state index in [2.05, 4.69) is 40.3 Å². The van der Waals surface area contributed by atoms with Crippen LogP contribution >= 0.6 is 0 Å². The first-order valence-electron chi connectivity index (χ1n) is 9.19. The Kier molecular flexibility index (Phi) is 6.20. The van der Waals surface area contributed by atoms with E-state index in [4.69, 9.17) is 11.1 Å². The third-order valence-electron chi connectivity index (χ3n) is 5.02. The number of nitrogens with one attached hydrogen (secondary N) is 2. The van der Waals surface area contributed by atoms with Gasteiger partial charge in [-0.05, 0) is 29.3 Å². The van der Waals surface area contributed by atoms with Gasteiger partial charge in [0, 0.05) is 42.5 Å². The van der Waals surface area contributed by atoms with Crippen molar-refractivity contribution < 1.29 is 11.7 Å². The molecule has 4 aromatic rings. The molecule has 2 aliphatic carbocycles. The van der Waals surface area contributed by atoms with Gasteiger partial charge in [0.25, 0.3) is 0 Å². The number of hydrogen-bond donors (Lipinski definition) is 2. The lowest BCUT2D eigenvalue weighted by Gasteiger charge is -1.96. The van der Waals surface area contributed by atoms with Crippen LogP contribution in [0.1, 0.15) is 28.5 Å². The smallest absolute Gasteiger partial charge is 0.195 e. The summed E-state index contributed by atoms with van der Waals surface area (Å²) in [6.07, 6.45) is 4.62. The van der Waals surface area contributed by atoms with Gasteiger partial charge in [-0.3, -0.25) is 14.8 Å². The van der Waals surface area contributed by atoms with Crippen molar-refractivity contribution in [2.75, 3.05) is 0 Å². The SMILES string of the molecule is N=N.O.O=C1c2ccccc2-c2ncccc21.[HH].c1ccc2c(c1)Cc1cccnc1-2. The third-order valence-corrected chi connectivity index (χ3v) is 5.02. The molecule has 2 heterocycles. The number of hydrogen-bond acceptors (Lipinski definition) is 5. The Morgan fingerprint density at radius 1 is 0.633 bits per heavy atom. The summed E-state index contributed by atoms with van der Waals surface area (Å²) in [5.74, 6) is 0.0868. The summed E-state index contributed by atoms with van der Waals surface area (Å²) in [5.41, 5.74) is 18.5. The van der Waals surface area contributed by atoms with Gasteiger partial charge in [0.15, 0.2) is 5.78 Å². The van der Waals surface area contributed by atoms with Gasteiger partial charge in [-0.2, -0.15) is 0 Å². The molecule has 0 saturated heterocycles. The van der Waals surface area contributed by atoms with Crippen LogP contribution in [0.5, 0.6) is 0 Å². The van der Waals surface area contributed by atoms with Gasteiger partial charge < -0.3 is 5.48 Å². The molecule has 0 aliphatic heterocycles. The highest BCUT2D eigenvalue weighted by Gasteiger charge is 2.26. The molecule has 30 heavy (non-hydrogen) atoms. The molecule has 0 amide bonds. The van der Waals surface area contributed by atoms with Crippen LogP contribution in [-0.4, -0.2) is 21.2 Å². The zero-order valence-corrected chi connectivity index (χ0v) is 16.1. The minimum Gasteiger partial charge on any atom is -0.412 e. The molecule has 0 atom stereocenters. The molecule has 6 nitrogen and oxygen atoms in total. The van der Waals surface area contributed by atoms with Crippen LogP contribution in [0.3, 0.4) is 0 Å². The summed E-state index contributed by atoms with van der Waals surface area (Å²) in [7, 11) is 0. The highest BCUT2D eigenvalue weighted by atomic mass is 16.1. The molecule has 0 radical (unpaired) electrons. The van der Waals surface area contributed by atoms with Gasteiger partial charge >= 0.3 is 0 Å². The maximum atomic E-state index is 11.8. The Hall–Kier alpha value is -4.03. The molecule has 0 saturated carbocycles. The second-order valence-corrected chi connectivity index (χ2v) is 6.62. The Balaban J connectivity index is 0.000000193. The van der Waals surface area contributed by atoms with E-state index in [1.54, 1.807) is 12.3 Å². The molecule has 6 heteroatoms. The second-order valence-electron chi connectivity index (χ2n) is 6.62. The monoisotopic (exact) mass is 398 g/mol. The maximum Gasteiger partial charge on any atom is 0.195 e. The van der Waals surface area contributed by atoms with Gasteiger partial charge in [-0.25, -0.2) is 11.1 Å². The van der Waals surface area contributed by atoms with Crippen molar-refractivity contribution in [3.63, 3.8) is 0 Å². The minimum absolute atomic E-state index is 0. The number of carbonyl (C=O) groups is 1. The first-order valence-corrected chi connectivity index (χ1v) is 9.19. The zero-order chi connectivity index (χ0) is 20.2. The lowest BCUT2D eigenvalue weighted by molar-refractivity contribution is 0.104. The van der Waals surface area contributed by atoms with Crippen LogP contribution in [-0.2, 0) is 6.42 Å². The lowest BCUT2D eigenvalue weighted by Crippen LogP contribution is -1.94. The van der Waals surface area contributed by atoms with E-state index in [0.29, 0.717) is 5.56 Å². The van der Waals surface area contributed by atoms with E-state index in [1.807, 2.05) is 42.6 Å². The van der Waals surface area contributed by atoms with Crippen LogP contribution in [0.25, 0.3) is 22.5 Å². The molecule has 0 fully saturated rings. The van der Waals surface area contributed by atoms with E-state index < -0.39 is 0 Å². The number of nitrogens with zero attached hydrogens (tertiary/aromatic N) is 2. The molecular weight excluding hydrogens is 376 g/mol. The highest BCUT2D eigenvalue weighted by molar-refractivity contribution is 6.20. The molecule has 0 unspecified atom stereocenters. The third kappa shape index (κ3) is 3.52. The fourth-order valence-electron chi connectivity index (χ4n) is 3.77. The topological polar surface area (TPSA) is 122 Å². The summed E-state index contributed by atoms with van der Waals surface area (Å²) in [6, 6.07) is 23.8. The predicted molar refractivity (Wildman–Crippen MR) is 117 cm³/mol. The predicted octanol–water partition coefficient (Wildman–Crippen LogP) is 4.96. The molecule has 2 aromatic heterocycles.